The average Bonchev–Trinajstić information content (AvgIpc) is 2.98. The number of hydrogen-bond acceptors (Lipinski definition) is 4. The monoisotopic (exact) mass is 274 g/mol. The van der Waals surface area contributed by atoms with E-state index in [4.69, 9.17) is 5.73 Å². The van der Waals surface area contributed by atoms with E-state index < -0.39 is 5.91 Å². The number of anilines is 1. The summed E-state index contributed by atoms with van der Waals surface area (Å²) in [6.07, 6.45) is 3.29. The Labute approximate surface area is 112 Å². The molecule has 3 heterocycles. The maximum atomic E-state index is 11.9. The zero-order valence-corrected chi connectivity index (χ0v) is 10.8. The first-order valence-corrected chi connectivity index (χ1v) is 6.35. The van der Waals surface area contributed by atoms with Gasteiger partial charge in [0.25, 0.3) is 11.8 Å². The number of aromatic amines is 1. The number of H-pyrrole nitrogens is 1. The van der Waals surface area contributed by atoms with Crippen LogP contribution in [-0.2, 0) is 4.79 Å². The van der Waals surface area contributed by atoms with Crippen molar-refractivity contribution < 1.29 is 9.59 Å². The Bertz CT molecular complexity index is 726. The van der Waals surface area contributed by atoms with Gasteiger partial charge in [-0.15, -0.1) is 11.3 Å². The maximum Gasteiger partial charge on any atom is 0.258 e. The van der Waals surface area contributed by atoms with Crippen molar-refractivity contribution >= 4 is 39.8 Å². The molecule has 1 aliphatic heterocycles. The van der Waals surface area contributed by atoms with Gasteiger partial charge in [-0.25, -0.2) is 4.98 Å². The summed E-state index contributed by atoms with van der Waals surface area (Å²) in [6.45, 7) is 1.85. The molecule has 0 spiro atoms. The largest absolute Gasteiger partial charge is 0.365 e. The van der Waals surface area contributed by atoms with Crippen molar-refractivity contribution in [2.45, 2.75) is 6.92 Å². The van der Waals surface area contributed by atoms with Gasteiger partial charge in [-0.1, -0.05) is 0 Å². The highest BCUT2D eigenvalue weighted by Crippen LogP contribution is 2.39. The van der Waals surface area contributed by atoms with E-state index in [2.05, 4.69) is 15.3 Å². The molecule has 0 aliphatic carbocycles. The Balaban J connectivity index is 2.09. The lowest BCUT2D eigenvalue weighted by Gasteiger charge is -1.96. The molecule has 0 unspecified atom stereocenters. The Morgan fingerprint density at radius 2 is 2.32 bits per heavy atom. The molecule has 2 aromatic rings. The van der Waals surface area contributed by atoms with Crippen LogP contribution in [0, 0.1) is 6.92 Å². The first-order chi connectivity index (χ1) is 9.06. The Kier molecular flexibility index (Phi) is 2.49. The lowest BCUT2D eigenvalue weighted by molar-refractivity contribution is -0.110. The van der Waals surface area contributed by atoms with Crippen LogP contribution >= 0.6 is 11.3 Å². The third-order valence-corrected chi connectivity index (χ3v) is 3.96. The van der Waals surface area contributed by atoms with Gasteiger partial charge in [0.1, 0.15) is 5.00 Å². The van der Waals surface area contributed by atoms with Crippen molar-refractivity contribution in [3.63, 3.8) is 0 Å². The molecule has 0 radical (unpaired) electrons. The highest BCUT2D eigenvalue weighted by Gasteiger charge is 2.28. The van der Waals surface area contributed by atoms with Crippen molar-refractivity contribution in [2.24, 2.45) is 5.73 Å². The van der Waals surface area contributed by atoms with Gasteiger partial charge in [-0.3, -0.25) is 9.59 Å². The van der Waals surface area contributed by atoms with Crippen molar-refractivity contribution in [1.29, 1.82) is 0 Å². The normalized spacial score (nSPS) is 15.6. The van der Waals surface area contributed by atoms with E-state index in [0.717, 1.165) is 11.4 Å². The molecular formula is C12H10N4O2S. The number of aromatic nitrogens is 2. The molecule has 1 aliphatic rings. The maximum absolute atomic E-state index is 11.9. The molecule has 3 rings (SSSR count). The number of carbonyl (C=O) groups is 2. The minimum atomic E-state index is -0.495. The molecule has 2 aromatic heterocycles. The second-order valence-electron chi connectivity index (χ2n) is 4.13. The number of aryl methyl sites for hydroxylation is 1. The van der Waals surface area contributed by atoms with Gasteiger partial charge < -0.3 is 16.0 Å². The number of thiophene rings is 1. The molecule has 7 heteroatoms. The third-order valence-electron chi connectivity index (χ3n) is 2.89. The van der Waals surface area contributed by atoms with Crippen LogP contribution < -0.4 is 11.1 Å². The fourth-order valence-corrected chi connectivity index (χ4v) is 2.82. The number of amides is 2. The summed E-state index contributed by atoms with van der Waals surface area (Å²) in [5.74, 6) is -0.683. The van der Waals surface area contributed by atoms with Crippen molar-refractivity contribution in [3.8, 4) is 0 Å². The number of primary amides is 1. The molecule has 0 aromatic carbocycles. The minimum absolute atomic E-state index is 0.189. The zero-order chi connectivity index (χ0) is 13.6. The first-order valence-electron chi connectivity index (χ1n) is 5.53. The molecule has 0 fully saturated rings. The summed E-state index contributed by atoms with van der Waals surface area (Å²) >= 11 is 1.18. The van der Waals surface area contributed by atoms with Crippen molar-refractivity contribution in [2.75, 3.05) is 5.32 Å². The predicted octanol–water partition coefficient (Wildman–Crippen LogP) is 1.37. The highest BCUT2D eigenvalue weighted by molar-refractivity contribution is 7.18. The highest BCUT2D eigenvalue weighted by atomic mass is 32.1. The van der Waals surface area contributed by atoms with Crippen LogP contribution in [0.5, 0.6) is 0 Å². The summed E-state index contributed by atoms with van der Waals surface area (Å²) in [6, 6.07) is 1.64. The molecule has 96 valence electrons. The van der Waals surface area contributed by atoms with Crippen molar-refractivity contribution in [1.82, 2.24) is 9.97 Å². The van der Waals surface area contributed by atoms with E-state index in [0.29, 0.717) is 21.0 Å². The third kappa shape index (κ3) is 1.84. The number of nitrogens with one attached hydrogen (secondary N) is 2. The van der Waals surface area contributed by atoms with Crippen LogP contribution in [-0.4, -0.2) is 21.8 Å². The Hall–Kier alpha value is -2.41. The molecule has 0 atom stereocenters. The van der Waals surface area contributed by atoms with E-state index in [9.17, 15) is 9.59 Å². The molecule has 0 bridgehead atoms. The van der Waals surface area contributed by atoms with Crippen LogP contribution in [0.25, 0.3) is 11.6 Å². The van der Waals surface area contributed by atoms with Gasteiger partial charge in [0.05, 0.1) is 28.2 Å². The van der Waals surface area contributed by atoms with Crippen LogP contribution in [0.4, 0.5) is 5.00 Å². The minimum Gasteiger partial charge on any atom is -0.365 e. The summed E-state index contributed by atoms with van der Waals surface area (Å²) in [5, 5.41) is 3.38. The fraction of sp³-hybridized carbons (Fsp3) is 0.0833. The molecule has 19 heavy (non-hydrogen) atoms. The lowest BCUT2D eigenvalue weighted by atomic mass is 10.1. The van der Waals surface area contributed by atoms with E-state index in [1.807, 2.05) is 6.92 Å². The molecule has 2 amide bonds. The zero-order valence-electron chi connectivity index (χ0n) is 9.98. The number of nitrogens with two attached hydrogens (primary N) is 1. The number of carbonyl (C=O) groups excluding carboxylic acids is 2. The quantitative estimate of drug-likeness (QED) is 0.721. The summed E-state index contributed by atoms with van der Waals surface area (Å²) in [5.41, 5.74) is 8.02. The molecule has 6 nitrogen and oxygen atoms in total. The average molecular weight is 274 g/mol. The van der Waals surface area contributed by atoms with Gasteiger partial charge >= 0.3 is 0 Å². The van der Waals surface area contributed by atoms with E-state index in [-0.39, 0.29) is 5.91 Å². The Morgan fingerprint density at radius 3 is 2.95 bits per heavy atom. The predicted molar refractivity (Wildman–Crippen MR) is 72.7 cm³/mol. The van der Waals surface area contributed by atoms with E-state index >= 15 is 0 Å². The van der Waals surface area contributed by atoms with Crippen LogP contribution in [0.1, 0.15) is 26.6 Å². The second-order valence-corrected chi connectivity index (χ2v) is 5.18. The number of fused-ring (bicyclic) bond motifs is 1. The standard InChI is InChI=1S/C12H10N4O2S/c1-5-8(15-4-14-5)2-6-7-3-9(10(13)17)19-12(7)16-11(6)18/h2-4H,1H3,(H2,13,17)(H,14,15)(H,16,18)/b6-2+. The molecular weight excluding hydrogens is 264 g/mol. The molecule has 0 saturated carbocycles. The first kappa shape index (κ1) is 11.7. The van der Waals surface area contributed by atoms with Crippen molar-refractivity contribution in [3.05, 3.63) is 34.2 Å². The summed E-state index contributed by atoms with van der Waals surface area (Å²) in [4.78, 5) is 30.5. The van der Waals surface area contributed by atoms with Crippen LogP contribution in [0.15, 0.2) is 12.4 Å². The van der Waals surface area contributed by atoms with Gasteiger partial charge in [0.15, 0.2) is 0 Å². The van der Waals surface area contributed by atoms with E-state index in [1.54, 1.807) is 18.5 Å². The number of nitrogens with zero attached hydrogens (tertiary/aromatic N) is 1. The lowest BCUT2D eigenvalue weighted by Crippen LogP contribution is -2.09. The smallest absolute Gasteiger partial charge is 0.258 e. The Morgan fingerprint density at radius 1 is 1.53 bits per heavy atom. The molecule has 4 N–H and O–H groups in total. The van der Waals surface area contributed by atoms with Gasteiger partial charge in [0, 0.05) is 5.56 Å². The van der Waals surface area contributed by atoms with E-state index in [1.165, 1.54) is 11.3 Å². The number of hydrogen-bond donors (Lipinski definition) is 3. The number of rotatable bonds is 2. The SMILES string of the molecule is Cc1nc[nH]c1/C=C1/C(=O)Nc2sc(C(N)=O)cc21. The molecule has 0 saturated heterocycles. The number of imidazole rings is 1. The van der Waals surface area contributed by atoms with Gasteiger partial charge in [0.2, 0.25) is 0 Å². The summed E-state index contributed by atoms with van der Waals surface area (Å²) < 4.78 is 0. The summed E-state index contributed by atoms with van der Waals surface area (Å²) in [7, 11) is 0. The second kappa shape index (κ2) is 4.06. The topological polar surface area (TPSA) is 101 Å². The van der Waals surface area contributed by atoms with Crippen LogP contribution in [0.2, 0.25) is 0 Å². The van der Waals surface area contributed by atoms with Crippen LogP contribution in [0.3, 0.4) is 0 Å². The van der Waals surface area contributed by atoms with Gasteiger partial charge in [-0.05, 0) is 19.1 Å². The fourth-order valence-electron chi connectivity index (χ4n) is 1.90. The van der Waals surface area contributed by atoms with Gasteiger partial charge in [-0.2, -0.15) is 0 Å².